The Bertz CT molecular complexity index is 427. The highest BCUT2D eigenvalue weighted by molar-refractivity contribution is 6.21. The molecule has 0 aliphatic carbocycles. The molecule has 0 bridgehead atoms. The van der Waals surface area contributed by atoms with Crippen LogP contribution in [-0.2, 0) is 6.42 Å². The summed E-state index contributed by atoms with van der Waals surface area (Å²) in [5.74, 6) is 0. The molecule has 94 valence electrons. The van der Waals surface area contributed by atoms with Crippen LogP contribution in [0.5, 0.6) is 0 Å². The molecule has 0 fully saturated rings. The normalized spacial score (nSPS) is 13.5. The van der Waals surface area contributed by atoms with Gasteiger partial charge >= 0.3 is 0 Å². The van der Waals surface area contributed by atoms with E-state index in [1.54, 1.807) is 13.0 Å². The van der Waals surface area contributed by atoms with Gasteiger partial charge in [0.15, 0.2) is 0 Å². The number of aryl methyl sites for hydroxylation is 1. The number of aromatic nitrogens is 1. The van der Waals surface area contributed by atoms with E-state index in [2.05, 4.69) is 25.8 Å². The van der Waals surface area contributed by atoms with Gasteiger partial charge in [-0.25, -0.2) is 0 Å². The first-order valence-electron chi connectivity index (χ1n) is 5.47. The third-order valence-corrected chi connectivity index (χ3v) is 3.45. The van der Waals surface area contributed by atoms with Gasteiger partial charge in [-0.3, -0.25) is 15.1 Å². The van der Waals surface area contributed by atoms with E-state index < -0.39 is 4.92 Å². The van der Waals surface area contributed by atoms with Crippen molar-refractivity contribution in [3.05, 3.63) is 33.6 Å². The number of nitrogens with zero attached hydrogens (tertiary/aromatic N) is 2. The fourth-order valence-electron chi connectivity index (χ4n) is 1.40. The van der Waals surface area contributed by atoms with Gasteiger partial charge in [-0.2, -0.15) is 0 Å². The molecule has 1 heterocycles. The van der Waals surface area contributed by atoms with Crippen LogP contribution in [0.2, 0.25) is 0 Å². The van der Waals surface area contributed by atoms with Gasteiger partial charge in [0.05, 0.1) is 4.92 Å². The Labute approximate surface area is 106 Å². The molecule has 0 spiro atoms. The lowest BCUT2D eigenvalue weighted by atomic mass is 9.89. The second-order valence-electron chi connectivity index (χ2n) is 5.20. The molecule has 1 aromatic heterocycles. The van der Waals surface area contributed by atoms with Crippen molar-refractivity contribution in [2.75, 3.05) is 0 Å². The highest BCUT2D eigenvalue weighted by Gasteiger charge is 2.23. The van der Waals surface area contributed by atoms with Crippen molar-refractivity contribution in [1.82, 2.24) is 4.98 Å². The zero-order chi connectivity index (χ0) is 13.2. The Kier molecular flexibility index (Phi) is 4.09. The first-order valence-corrected chi connectivity index (χ1v) is 5.90. The van der Waals surface area contributed by atoms with Gasteiger partial charge in [-0.1, -0.05) is 20.8 Å². The SMILES string of the molecule is Cc1nc(CC(Cl)C(C)(C)C)ccc1[N+](=O)[O-]. The monoisotopic (exact) mass is 256 g/mol. The van der Waals surface area contributed by atoms with E-state index in [9.17, 15) is 10.1 Å². The van der Waals surface area contributed by atoms with E-state index in [-0.39, 0.29) is 16.5 Å². The molecule has 5 heteroatoms. The molecule has 0 saturated heterocycles. The van der Waals surface area contributed by atoms with Crippen LogP contribution in [0, 0.1) is 22.5 Å². The van der Waals surface area contributed by atoms with Crippen molar-refractivity contribution >= 4 is 17.3 Å². The molecular weight excluding hydrogens is 240 g/mol. The van der Waals surface area contributed by atoms with E-state index in [1.807, 2.05) is 0 Å². The second kappa shape index (κ2) is 5.00. The maximum absolute atomic E-state index is 10.7. The first-order chi connectivity index (χ1) is 7.71. The van der Waals surface area contributed by atoms with Crippen molar-refractivity contribution < 1.29 is 4.92 Å². The van der Waals surface area contributed by atoms with Crippen molar-refractivity contribution in [2.24, 2.45) is 5.41 Å². The Hall–Kier alpha value is -1.16. The number of alkyl halides is 1. The summed E-state index contributed by atoms with van der Waals surface area (Å²) in [6.45, 7) is 7.82. The van der Waals surface area contributed by atoms with Gasteiger partial charge < -0.3 is 0 Å². The first kappa shape index (κ1) is 13.9. The Balaban J connectivity index is 2.88. The number of halogens is 1. The Morgan fingerprint density at radius 1 is 1.47 bits per heavy atom. The molecular formula is C12H17ClN2O2. The minimum Gasteiger partial charge on any atom is -0.258 e. The van der Waals surface area contributed by atoms with Gasteiger partial charge in [0.2, 0.25) is 0 Å². The lowest BCUT2D eigenvalue weighted by Gasteiger charge is -2.24. The van der Waals surface area contributed by atoms with Gasteiger partial charge in [0, 0.05) is 23.6 Å². The molecule has 0 aliphatic heterocycles. The number of hydrogen-bond acceptors (Lipinski definition) is 3. The lowest BCUT2D eigenvalue weighted by Crippen LogP contribution is -2.23. The van der Waals surface area contributed by atoms with Crippen molar-refractivity contribution in [3.8, 4) is 0 Å². The van der Waals surface area contributed by atoms with Gasteiger partial charge in [0.25, 0.3) is 5.69 Å². The number of pyridine rings is 1. The highest BCUT2D eigenvalue weighted by Crippen LogP contribution is 2.27. The summed E-state index contributed by atoms with van der Waals surface area (Å²) >= 11 is 6.27. The van der Waals surface area contributed by atoms with E-state index in [1.165, 1.54) is 6.07 Å². The Morgan fingerprint density at radius 2 is 2.06 bits per heavy atom. The zero-order valence-corrected chi connectivity index (χ0v) is 11.3. The van der Waals surface area contributed by atoms with E-state index >= 15 is 0 Å². The molecule has 0 amide bonds. The van der Waals surface area contributed by atoms with Crippen LogP contribution in [0.3, 0.4) is 0 Å². The van der Waals surface area contributed by atoms with Gasteiger partial charge in [0.1, 0.15) is 5.69 Å². The molecule has 1 unspecified atom stereocenters. The summed E-state index contributed by atoms with van der Waals surface area (Å²) < 4.78 is 0. The van der Waals surface area contributed by atoms with Crippen LogP contribution in [0.15, 0.2) is 12.1 Å². The summed E-state index contributed by atoms with van der Waals surface area (Å²) in [4.78, 5) is 14.5. The molecule has 0 aliphatic rings. The molecule has 4 nitrogen and oxygen atoms in total. The third kappa shape index (κ3) is 3.66. The predicted molar refractivity (Wildman–Crippen MR) is 68.4 cm³/mol. The Morgan fingerprint density at radius 3 is 2.47 bits per heavy atom. The molecule has 17 heavy (non-hydrogen) atoms. The quantitative estimate of drug-likeness (QED) is 0.473. The average Bonchev–Trinajstić information content (AvgIpc) is 2.15. The van der Waals surface area contributed by atoms with E-state index in [0.29, 0.717) is 12.1 Å². The summed E-state index contributed by atoms with van der Waals surface area (Å²) in [7, 11) is 0. The fraction of sp³-hybridized carbons (Fsp3) is 0.583. The van der Waals surface area contributed by atoms with Crippen molar-refractivity contribution in [3.63, 3.8) is 0 Å². The molecule has 1 aromatic rings. The lowest BCUT2D eigenvalue weighted by molar-refractivity contribution is -0.385. The molecule has 0 saturated carbocycles. The average molecular weight is 257 g/mol. The summed E-state index contributed by atoms with van der Waals surface area (Å²) in [5, 5.41) is 10.6. The van der Waals surface area contributed by atoms with E-state index in [0.717, 1.165) is 5.69 Å². The van der Waals surface area contributed by atoms with Crippen molar-refractivity contribution in [2.45, 2.75) is 39.5 Å². The van der Waals surface area contributed by atoms with Crippen LogP contribution in [0.25, 0.3) is 0 Å². The summed E-state index contributed by atoms with van der Waals surface area (Å²) in [6.07, 6.45) is 0.615. The largest absolute Gasteiger partial charge is 0.290 e. The molecule has 0 N–H and O–H groups in total. The van der Waals surface area contributed by atoms with Gasteiger partial charge in [-0.05, 0) is 18.4 Å². The number of rotatable bonds is 3. The van der Waals surface area contributed by atoms with Gasteiger partial charge in [-0.15, -0.1) is 11.6 Å². The van der Waals surface area contributed by atoms with Crippen LogP contribution in [-0.4, -0.2) is 15.3 Å². The van der Waals surface area contributed by atoms with Crippen LogP contribution in [0.1, 0.15) is 32.2 Å². The summed E-state index contributed by atoms with van der Waals surface area (Å²) in [6, 6.07) is 3.16. The zero-order valence-electron chi connectivity index (χ0n) is 10.5. The topological polar surface area (TPSA) is 56.0 Å². The smallest absolute Gasteiger partial charge is 0.258 e. The third-order valence-electron chi connectivity index (χ3n) is 2.64. The summed E-state index contributed by atoms with van der Waals surface area (Å²) in [5.41, 5.74) is 1.27. The maximum Gasteiger partial charge on any atom is 0.290 e. The van der Waals surface area contributed by atoms with Crippen molar-refractivity contribution in [1.29, 1.82) is 0 Å². The molecule has 0 aromatic carbocycles. The van der Waals surface area contributed by atoms with Crippen LogP contribution in [0.4, 0.5) is 5.69 Å². The molecule has 1 atom stereocenters. The highest BCUT2D eigenvalue weighted by atomic mass is 35.5. The fourth-order valence-corrected chi connectivity index (χ4v) is 1.56. The standard InChI is InChI=1S/C12H17ClN2O2/c1-8-10(15(16)17)6-5-9(14-8)7-11(13)12(2,3)4/h5-6,11H,7H2,1-4H3. The number of hydrogen-bond donors (Lipinski definition) is 0. The van der Waals surface area contributed by atoms with Crippen LogP contribution < -0.4 is 0 Å². The number of nitro groups is 1. The minimum atomic E-state index is -0.423. The molecule has 0 radical (unpaired) electrons. The predicted octanol–water partition coefficient (Wildman–Crippen LogP) is 3.49. The minimum absolute atomic E-state index is 0.0150. The molecule has 1 rings (SSSR count). The second-order valence-corrected chi connectivity index (χ2v) is 5.73. The van der Waals surface area contributed by atoms with Crippen LogP contribution >= 0.6 is 11.6 Å². The maximum atomic E-state index is 10.7. The van der Waals surface area contributed by atoms with E-state index in [4.69, 9.17) is 11.6 Å².